The Labute approximate surface area is 68.5 Å². The van der Waals surface area contributed by atoms with Gasteiger partial charge >= 0.3 is 0 Å². The minimum Gasteiger partial charge on any atom is -0.306 e. The van der Waals surface area contributed by atoms with Crippen LogP contribution in [-0.2, 0) is 4.84 Å². The fraction of sp³-hybridized carbons (Fsp3) is 1.00. The van der Waals surface area contributed by atoms with Gasteiger partial charge in [0, 0.05) is 6.04 Å². The molecule has 0 bridgehead atoms. The Morgan fingerprint density at radius 3 is 2.09 bits per heavy atom. The number of hydrogen-bond donors (Lipinski definition) is 1. The van der Waals surface area contributed by atoms with Crippen molar-refractivity contribution in [1.29, 1.82) is 0 Å². The van der Waals surface area contributed by atoms with E-state index in [9.17, 15) is 0 Å². The summed E-state index contributed by atoms with van der Waals surface area (Å²) in [6.45, 7) is 0. The largest absolute Gasteiger partial charge is 0.306 e. The Morgan fingerprint density at radius 1 is 1.18 bits per heavy atom. The van der Waals surface area contributed by atoms with Gasteiger partial charge in [0.05, 0.1) is 6.10 Å². The first-order valence-corrected chi connectivity index (χ1v) is 4.26. The molecule has 0 aromatic carbocycles. The maximum atomic E-state index is 5.11. The lowest BCUT2D eigenvalue weighted by Gasteiger charge is -2.31. The fourth-order valence-electron chi connectivity index (χ4n) is 1.70. The molecule has 1 rings (SSSR count). The van der Waals surface area contributed by atoms with Crippen LogP contribution in [0.5, 0.6) is 0 Å². The fourth-order valence-corrected chi connectivity index (χ4v) is 1.70. The van der Waals surface area contributed by atoms with Crippen LogP contribution < -0.4 is 5.90 Å². The van der Waals surface area contributed by atoms with Crippen LogP contribution in [0.1, 0.15) is 25.7 Å². The van der Waals surface area contributed by atoms with E-state index < -0.39 is 0 Å². The summed E-state index contributed by atoms with van der Waals surface area (Å²) in [5.41, 5.74) is 0. The number of hydrogen-bond acceptors (Lipinski definition) is 3. The summed E-state index contributed by atoms with van der Waals surface area (Å²) in [4.78, 5) is 7.09. The molecule has 0 unspecified atom stereocenters. The van der Waals surface area contributed by atoms with Gasteiger partial charge < -0.3 is 9.74 Å². The molecule has 0 aliphatic heterocycles. The maximum Gasteiger partial charge on any atom is 0.0788 e. The van der Waals surface area contributed by atoms with Gasteiger partial charge in [-0.15, -0.1) is 0 Å². The molecule has 3 nitrogen and oxygen atoms in total. The molecule has 0 aromatic rings. The molecule has 1 saturated carbocycles. The van der Waals surface area contributed by atoms with Gasteiger partial charge in [0.25, 0.3) is 0 Å². The lowest BCUT2D eigenvalue weighted by atomic mass is 9.92. The zero-order chi connectivity index (χ0) is 8.27. The third-order valence-electron chi connectivity index (χ3n) is 2.57. The van der Waals surface area contributed by atoms with Crippen molar-refractivity contribution in [2.75, 3.05) is 14.1 Å². The van der Waals surface area contributed by atoms with Gasteiger partial charge in [-0.05, 0) is 39.8 Å². The topological polar surface area (TPSA) is 38.5 Å². The Hall–Kier alpha value is -0.120. The Bertz CT molecular complexity index is 109. The van der Waals surface area contributed by atoms with Crippen LogP contribution in [-0.4, -0.2) is 31.1 Å². The second-order valence-electron chi connectivity index (χ2n) is 3.53. The molecule has 3 heteroatoms. The summed E-state index contributed by atoms with van der Waals surface area (Å²) in [7, 11) is 4.27. The first kappa shape index (κ1) is 8.97. The average Bonchev–Trinajstić information content (AvgIpc) is 2.05. The summed E-state index contributed by atoms with van der Waals surface area (Å²) in [5, 5.41) is 0. The van der Waals surface area contributed by atoms with Crippen LogP contribution >= 0.6 is 0 Å². The van der Waals surface area contributed by atoms with Crippen LogP contribution in [0.2, 0.25) is 0 Å². The predicted octanol–water partition coefficient (Wildman–Crippen LogP) is 0.749. The van der Waals surface area contributed by atoms with Crippen molar-refractivity contribution in [2.45, 2.75) is 37.8 Å². The highest BCUT2D eigenvalue weighted by atomic mass is 16.6. The minimum absolute atomic E-state index is 0.311. The molecule has 66 valence electrons. The smallest absolute Gasteiger partial charge is 0.0788 e. The second kappa shape index (κ2) is 4.04. The second-order valence-corrected chi connectivity index (χ2v) is 3.53. The molecule has 0 saturated heterocycles. The molecule has 0 heterocycles. The third-order valence-corrected chi connectivity index (χ3v) is 2.57. The quantitative estimate of drug-likeness (QED) is 0.603. The summed E-state index contributed by atoms with van der Waals surface area (Å²) < 4.78 is 0. The predicted molar refractivity (Wildman–Crippen MR) is 45.0 cm³/mol. The lowest BCUT2D eigenvalue weighted by Crippen LogP contribution is -2.35. The molecule has 2 N–H and O–H groups in total. The van der Waals surface area contributed by atoms with Crippen molar-refractivity contribution in [3.63, 3.8) is 0 Å². The summed E-state index contributed by atoms with van der Waals surface area (Å²) in [6.07, 6.45) is 4.97. The molecule has 0 amide bonds. The van der Waals surface area contributed by atoms with Crippen molar-refractivity contribution < 1.29 is 4.84 Å². The molecule has 1 aliphatic rings. The standard InChI is InChI=1S/C8H18N2O/c1-10(2)7-3-5-8(11-9)6-4-7/h7-8H,3-6,9H2,1-2H3. The van der Waals surface area contributed by atoms with E-state index in [1.54, 1.807) is 0 Å². The SMILES string of the molecule is CN(C)C1CCC(ON)CC1. The van der Waals surface area contributed by atoms with Crippen LogP contribution in [0.4, 0.5) is 0 Å². The van der Waals surface area contributed by atoms with E-state index in [0.29, 0.717) is 6.10 Å². The number of nitrogens with two attached hydrogens (primary N) is 1. The number of rotatable bonds is 2. The van der Waals surface area contributed by atoms with Crippen molar-refractivity contribution in [1.82, 2.24) is 4.90 Å². The molecule has 0 aromatic heterocycles. The molecule has 0 radical (unpaired) electrons. The first-order valence-electron chi connectivity index (χ1n) is 4.26. The monoisotopic (exact) mass is 158 g/mol. The Morgan fingerprint density at radius 2 is 1.73 bits per heavy atom. The van der Waals surface area contributed by atoms with E-state index in [0.717, 1.165) is 18.9 Å². The van der Waals surface area contributed by atoms with Crippen molar-refractivity contribution >= 4 is 0 Å². The highest BCUT2D eigenvalue weighted by Gasteiger charge is 2.21. The minimum atomic E-state index is 0.311. The van der Waals surface area contributed by atoms with Crippen LogP contribution in [0.3, 0.4) is 0 Å². The Kier molecular flexibility index (Phi) is 3.30. The van der Waals surface area contributed by atoms with E-state index in [1.165, 1.54) is 12.8 Å². The van der Waals surface area contributed by atoms with Gasteiger partial charge in [-0.25, -0.2) is 5.90 Å². The maximum absolute atomic E-state index is 5.11. The zero-order valence-electron chi connectivity index (χ0n) is 7.42. The highest BCUT2D eigenvalue weighted by Crippen LogP contribution is 2.22. The van der Waals surface area contributed by atoms with Crippen molar-refractivity contribution in [2.24, 2.45) is 5.90 Å². The summed E-state index contributed by atoms with van der Waals surface area (Å²) in [6, 6.07) is 0.737. The third kappa shape index (κ3) is 2.43. The molecule has 11 heavy (non-hydrogen) atoms. The molecular formula is C8H18N2O. The van der Waals surface area contributed by atoms with E-state index in [2.05, 4.69) is 19.0 Å². The van der Waals surface area contributed by atoms with Gasteiger partial charge in [-0.1, -0.05) is 0 Å². The van der Waals surface area contributed by atoms with E-state index in [4.69, 9.17) is 10.7 Å². The van der Waals surface area contributed by atoms with Crippen LogP contribution in [0, 0.1) is 0 Å². The summed E-state index contributed by atoms with van der Waals surface area (Å²) in [5.74, 6) is 5.11. The number of nitrogens with zero attached hydrogens (tertiary/aromatic N) is 1. The zero-order valence-corrected chi connectivity index (χ0v) is 7.42. The van der Waals surface area contributed by atoms with Crippen molar-refractivity contribution in [3.8, 4) is 0 Å². The Balaban J connectivity index is 2.24. The molecule has 1 fully saturated rings. The molecule has 0 atom stereocenters. The van der Waals surface area contributed by atoms with Gasteiger partial charge in [-0.3, -0.25) is 0 Å². The highest BCUT2D eigenvalue weighted by molar-refractivity contribution is 4.76. The van der Waals surface area contributed by atoms with Crippen molar-refractivity contribution in [3.05, 3.63) is 0 Å². The van der Waals surface area contributed by atoms with E-state index in [1.807, 2.05) is 0 Å². The van der Waals surface area contributed by atoms with Gasteiger partial charge in [-0.2, -0.15) is 0 Å². The van der Waals surface area contributed by atoms with Crippen LogP contribution in [0.15, 0.2) is 0 Å². The van der Waals surface area contributed by atoms with Gasteiger partial charge in [0.2, 0.25) is 0 Å². The average molecular weight is 158 g/mol. The molecule has 0 spiro atoms. The lowest BCUT2D eigenvalue weighted by molar-refractivity contribution is 0.0124. The van der Waals surface area contributed by atoms with Gasteiger partial charge in [0.1, 0.15) is 0 Å². The normalized spacial score (nSPS) is 32.7. The van der Waals surface area contributed by atoms with E-state index in [-0.39, 0.29) is 0 Å². The first-order chi connectivity index (χ1) is 5.24. The summed E-state index contributed by atoms with van der Waals surface area (Å²) >= 11 is 0. The van der Waals surface area contributed by atoms with E-state index >= 15 is 0 Å². The van der Waals surface area contributed by atoms with Gasteiger partial charge in [0.15, 0.2) is 0 Å². The molecular weight excluding hydrogens is 140 g/mol. The van der Waals surface area contributed by atoms with Crippen LogP contribution in [0.25, 0.3) is 0 Å². The molecule has 1 aliphatic carbocycles.